The van der Waals surface area contributed by atoms with Gasteiger partial charge in [-0.05, 0) is 75.2 Å². The minimum absolute atomic E-state index is 0. The van der Waals surface area contributed by atoms with Crippen LogP contribution in [0, 0.1) is 11.8 Å². The van der Waals surface area contributed by atoms with Gasteiger partial charge in [-0.25, -0.2) is 0 Å². The van der Waals surface area contributed by atoms with Crippen molar-refractivity contribution in [3.05, 3.63) is 34.9 Å². The standard InChI is InChI=1S/C22H35ClN4O.HI/c1-24-22(25-11-5-13-28-16-17-9-10-17)26-15-19-7-4-12-27(2)21(19)18-6-3-8-20(23)14-18;/h3,6,8,14,17,19,21H,4-5,7,9-13,15-16H2,1-2H3,(H2,24,25,26);1H. The van der Waals surface area contributed by atoms with E-state index in [1.807, 2.05) is 13.1 Å². The Labute approximate surface area is 198 Å². The first-order valence-electron chi connectivity index (χ1n) is 10.7. The molecule has 164 valence electrons. The molecule has 1 saturated carbocycles. The Morgan fingerprint density at radius 3 is 2.83 bits per heavy atom. The van der Waals surface area contributed by atoms with Crippen LogP contribution >= 0.6 is 35.6 Å². The SMILES string of the molecule is CN=C(NCCCOCC1CC1)NCC1CCCN(C)C1c1cccc(Cl)c1.I. The number of aliphatic imine (C=N–C) groups is 1. The van der Waals surface area contributed by atoms with Crippen LogP contribution in [0.5, 0.6) is 0 Å². The highest BCUT2D eigenvalue weighted by Gasteiger charge is 2.30. The number of hydrogen-bond acceptors (Lipinski definition) is 3. The van der Waals surface area contributed by atoms with Crippen LogP contribution in [0.1, 0.15) is 43.7 Å². The summed E-state index contributed by atoms with van der Waals surface area (Å²) in [5, 5.41) is 7.75. The Kier molecular flexibility index (Phi) is 11.0. The van der Waals surface area contributed by atoms with Gasteiger partial charge < -0.3 is 15.4 Å². The minimum Gasteiger partial charge on any atom is -0.381 e. The van der Waals surface area contributed by atoms with Crippen LogP contribution in [0.15, 0.2) is 29.3 Å². The van der Waals surface area contributed by atoms with E-state index < -0.39 is 0 Å². The third-order valence-corrected chi connectivity index (χ3v) is 6.00. The van der Waals surface area contributed by atoms with E-state index in [1.54, 1.807) is 0 Å². The molecule has 1 aromatic carbocycles. The van der Waals surface area contributed by atoms with Gasteiger partial charge in [-0.1, -0.05) is 23.7 Å². The molecule has 0 amide bonds. The zero-order valence-corrected chi connectivity index (χ0v) is 20.8. The highest BCUT2D eigenvalue weighted by Crippen LogP contribution is 2.35. The van der Waals surface area contributed by atoms with Gasteiger partial charge in [-0.3, -0.25) is 9.89 Å². The van der Waals surface area contributed by atoms with Gasteiger partial charge in [0, 0.05) is 44.4 Å². The van der Waals surface area contributed by atoms with Crippen molar-refractivity contribution in [2.75, 3.05) is 46.9 Å². The van der Waals surface area contributed by atoms with Gasteiger partial charge in [0.2, 0.25) is 0 Å². The zero-order valence-electron chi connectivity index (χ0n) is 17.7. The van der Waals surface area contributed by atoms with Crippen LogP contribution < -0.4 is 10.6 Å². The molecule has 0 bridgehead atoms. The molecule has 2 unspecified atom stereocenters. The number of halogens is 2. The predicted octanol–water partition coefficient (Wildman–Crippen LogP) is 4.32. The topological polar surface area (TPSA) is 48.9 Å². The van der Waals surface area contributed by atoms with Crippen LogP contribution in [0.4, 0.5) is 0 Å². The largest absolute Gasteiger partial charge is 0.381 e. The number of benzene rings is 1. The Bertz CT molecular complexity index is 641. The minimum atomic E-state index is 0. The number of guanidine groups is 1. The van der Waals surface area contributed by atoms with Crippen molar-refractivity contribution < 1.29 is 4.74 Å². The van der Waals surface area contributed by atoms with Crippen LogP contribution in [-0.4, -0.2) is 57.8 Å². The Morgan fingerprint density at radius 1 is 1.28 bits per heavy atom. The second kappa shape index (κ2) is 13.0. The van der Waals surface area contributed by atoms with Gasteiger partial charge in [0.1, 0.15) is 0 Å². The van der Waals surface area contributed by atoms with Crippen molar-refractivity contribution in [2.45, 2.75) is 38.1 Å². The smallest absolute Gasteiger partial charge is 0.190 e. The molecular weight excluding hydrogens is 499 g/mol. The third kappa shape index (κ3) is 8.23. The summed E-state index contributed by atoms with van der Waals surface area (Å²) >= 11 is 6.25. The lowest BCUT2D eigenvalue weighted by atomic mass is 9.85. The molecule has 5 nitrogen and oxygen atoms in total. The highest BCUT2D eigenvalue weighted by atomic mass is 127. The maximum absolute atomic E-state index is 6.25. The first kappa shape index (κ1) is 24.7. The van der Waals surface area contributed by atoms with E-state index >= 15 is 0 Å². The van der Waals surface area contributed by atoms with Crippen LogP contribution in [0.3, 0.4) is 0 Å². The molecule has 0 aromatic heterocycles. The van der Waals surface area contributed by atoms with E-state index in [-0.39, 0.29) is 24.0 Å². The van der Waals surface area contributed by atoms with Crippen molar-refractivity contribution in [1.29, 1.82) is 0 Å². The van der Waals surface area contributed by atoms with Crippen molar-refractivity contribution >= 4 is 41.5 Å². The van der Waals surface area contributed by atoms with Gasteiger partial charge in [0.05, 0.1) is 0 Å². The molecule has 3 rings (SSSR count). The van der Waals surface area contributed by atoms with Crippen molar-refractivity contribution in [1.82, 2.24) is 15.5 Å². The summed E-state index contributed by atoms with van der Waals surface area (Å²) in [6.45, 7) is 4.67. The first-order valence-corrected chi connectivity index (χ1v) is 11.0. The number of nitrogens with one attached hydrogen (secondary N) is 2. The zero-order chi connectivity index (χ0) is 19.8. The molecule has 0 radical (unpaired) electrons. The highest BCUT2D eigenvalue weighted by molar-refractivity contribution is 14.0. The van der Waals surface area contributed by atoms with Gasteiger partial charge in [0.15, 0.2) is 5.96 Å². The van der Waals surface area contributed by atoms with Gasteiger partial charge >= 0.3 is 0 Å². The Hall–Kier alpha value is -0.570. The van der Waals surface area contributed by atoms with Crippen molar-refractivity contribution in [3.8, 4) is 0 Å². The van der Waals surface area contributed by atoms with Gasteiger partial charge in [0.25, 0.3) is 0 Å². The Balaban J connectivity index is 0.00000300. The number of ether oxygens (including phenoxy) is 1. The molecule has 1 heterocycles. The molecule has 1 aliphatic heterocycles. The molecular formula is C22H36ClIN4O. The fourth-order valence-corrected chi connectivity index (χ4v) is 4.25. The second-order valence-electron chi connectivity index (χ2n) is 8.13. The number of likely N-dealkylation sites (tertiary alicyclic amines) is 1. The average Bonchev–Trinajstić information content (AvgIpc) is 3.51. The lowest BCUT2D eigenvalue weighted by Crippen LogP contribution is -2.45. The number of piperidine rings is 1. The predicted molar refractivity (Wildman–Crippen MR) is 132 cm³/mol. The van der Waals surface area contributed by atoms with Crippen LogP contribution in [0.2, 0.25) is 5.02 Å². The fraction of sp³-hybridized carbons (Fsp3) is 0.682. The lowest BCUT2D eigenvalue weighted by molar-refractivity contribution is 0.121. The van der Waals surface area contributed by atoms with E-state index in [9.17, 15) is 0 Å². The van der Waals surface area contributed by atoms with E-state index in [0.29, 0.717) is 12.0 Å². The molecule has 0 spiro atoms. The van der Waals surface area contributed by atoms with Gasteiger partial charge in [-0.15, -0.1) is 24.0 Å². The monoisotopic (exact) mass is 534 g/mol. The van der Waals surface area contributed by atoms with E-state index in [1.165, 1.54) is 31.2 Å². The summed E-state index contributed by atoms with van der Waals surface area (Å²) in [5.74, 6) is 2.24. The molecule has 1 saturated heterocycles. The number of rotatable bonds is 9. The molecule has 2 fully saturated rings. The summed E-state index contributed by atoms with van der Waals surface area (Å²) in [6.07, 6.45) is 6.14. The Morgan fingerprint density at radius 2 is 2.10 bits per heavy atom. The average molecular weight is 535 g/mol. The maximum atomic E-state index is 6.25. The summed E-state index contributed by atoms with van der Waals surface area (Å²) in [7, 11) is 4.05. The van der Waals surface area contributed by atoms with Crippen LogP contribution in [0.25, 0.3) is 0 Å². The second-order valence-corrected chi connectivity index (χ2v) is 8.57. The third-order valence-electron chi connectivity index (χ3n) is 5.76. The summed E-state index contributed by atoms with van der Waals surface area (Å²) in [5.41, 5.74) is 1.30. The summed E-state index contributed by atoms with van der Waals surface area (Å²) in [4.78, 5) is 6.83. The van der Waals surface area contributed by atoms with E-state index in [4.69, 9.17) is 16.3 Å². The van der Waals surface area contributed by atoms with Crippen LogP contribution in [-0.2, 0) is 4.74 Å². The number of nitrogens with zero attached hydrogens (tertiary/aromatic N) is 2. The summed E-state index contributed by atoms with van der Waals surface area (Å²) < 4.78 is 5.70. The van der Waals surface area contributed by atoms with Gasteiger partial charge in [-0.2, -0.15) is 0 Å². The molecule has 1 aromatic rings. The lowest BCUT2D eigenvalue weighted by Gasteiger charge is -2.40. The summed E-state index contributed by atoms with van der Waals surface area (Å²) in [6, 6.07) is 8.68. The molecule has 7 heteroatoms. The molecule has 29 heavy (non-hydrogen) atoms. The maximum Gasteiger partial charge on any atom is 0.190 e. The van der Waals surface area contributed by atoms with E-state index in [2.05, 4.69) is 45.8 Å². The van der Waals surface area contributed by atoms with Crippen molar-refractivity contribution in [2.24, 2.45) is 16.8 Å². The fourth-order valence-electron chi connectivity index (χ4n) is 4.05. The molecule has 2 aliphatic rings. The molecule has 2 atom stereocenters. The van der Waals surface area contributed by atoms with E-state index in [0.717, 1.165) is 56.2 Å². The number of hydrogen-bond donors (Lipinski definition) is 2. The normalized spacial score (nSPS) is 22.8. The molecule has 1 aliphatic carbocycles. The molecule has 2 N–H and O–H groups in total. The first-order chi connectivity index (χ1) is 13.7. The quantitative estimate of drug-likeness (QED) is 0.214. The van der Waals surface area contributed by atoms with Crippen molar-refractivity contribution in [3.63, 3.8) is 0 Å².